The summed E-state index contributed by atoms with van der Waals surface area (Å²) in [5.74, 6) is 0.694. The lowest BCUT2D eigenvalue weighted by Gasteiger charge is -2.10. The lowest BCUT2D eigenvalue weighted by atomic mass is 10.1. The van der Waals surface area contributed by atoms with Gasteiger partial charge in [-0.2, -0.15) is 5.10 Å². The van der Waals surface area contributed by atoms with Crippen LogP contribution in [0, 0.1) is 0 Å². The average Bonchev–Trinajstić information content (AvgIpc) is 3.28. The predicted octanol–water partition coefficient (Wildman–Crippen LogP) is 4.74. The van der Waals surface area contributed by atoms with E-state index in [1.54, 1.807) is 6.21 Å². The summed E-state index contributed by atoms with van der Waals surface area (Å²) < 4.78 is 1.96. The van der Waals surface area contributed by atoms with E-state index >= 15 is 0 Å². The Morgan fingerprint density at radius 3 is 2.34 bits per heavy atom. The Kier molecular flexibility index (Phi) is 7.09. The van der Waals surface area contributed by atoms with E-state index in [2.05, 4.69) is 39.8 Å². The van der Waals surface area contributed by atoms with E-state index in [9.17, 15) is 4.79 Å². The largest absolute Gasteiger partial charge is 0.272 e. The Morgan fingerprint density at radius 2 is 1.66 bits per heavy atom. The fourth-order valence-electron chi connectivity index (χ4n) is 3.13. The minimum absolute atomic E-state index is 0.172. The molecule has 0 aliphatic carbocycles. The molecule has 1 aromatic heterocycles. The number of carbonyl (C=O) groups is 1. The number of aryl methyl sites for hydroxylation is 1. The first-order valence-corrected chi connectivity index (χ1v) is 11.3. The highest BCUT2D eigenvalue weighted by atomic mass is 32.2. The topological polar surface area (TPSA) is 72.2 Å². The fourth-order valence-corrected chi connectivity index (χ4v) is 3.87. The van der Waals surface area contributed by atoms with E-state index in [1.165, 1.54) is 17.3 Å². The number of hydrogen-bond donors (Lipinski definition) is 1. The smallest absolute Gasteiger partial charge is 0.250 e. The van der Waals surface area contributed by atoms with Crippen LogP contribution in [0.1, 0.15) is 18.1 Å². The summed E-state index contributed by atoms with van der Waals surface area (Å²) in [6.07, 6.45) is 2.63. The van der Waals surface area contributed by atoms with E-state index < -0.39 is 0 Å². The summed E-state index contributed by atoms with van der Waals surface area (Å²) >= 11 is 1.32. The van der Waals surface area contributed by atoms with Gasteiger partial charge in [-0.25, -0.2) is 5.43 Å². The van der Waals surface area contributed by atoms with Gasteiger partial charge in [0.2, 0.25) is 0 Å². The highest BCUT2D eigenvalue weighted by Gasteiger charge is 2.16. The lowest BCUT2D eigenvalue weighted by molar-refractivity contribution is -0.118. The van der Waals surface area contributed by atoms with E-state index in [1.807, 2.05) is 77.4 Å². The molecular weight excluding hydrogens is 418 g/mol. The molecule has 4 aromatic rings. The first kappa shape index (κ1) is 21.5. The van der Waals surface area contributed by atoms with Gasteiger partial charge in [-0.15, -0.1) is 10.2 Å². The Bertz CT molecular complexity index is 1190. The molecule has 0 saturated carbocycles. The number of para-hydroxylation sites is 1. The molecule has 1 N–H and O–H groups in total. The van der Waals surface area contributed by atoms with Crippen molar-refractivity contribution in [1.82, 2.24) is 20.2 Å². The maximum absolute atomic E-state index is 12.3. The molecular formula is C25H23N5OS. The molecule has 3 aromatic carbocycles. The number of rotatable bonds is 8. The molecule has 32 heavy (non-hydrogen) atoms. The van der Waals surface area contributed by atoms with Crippen molar-refractivity contribution in [3.05, 3.63) is 96.1 Å². The van der Waals surface area contributed by atoms with Gasteiger partial charge in [0.25, 0.3) is 5.91 Å². The second kappa shape index (κ2) is 10.5. The van der Waals surface area contributed by atoms with Gasteiger partial charge in [0.05, 0.1) is 12.0 Å². The molecule has 0 unspecified atom stereocenters. The third-order valence-electron chi connectivity index (χ3n) is 4.80. The van der Waals surface area contributed by atoms with E-state index in [0.29, 0.717) is 5.16 Å². The summed E-state index contributed by atoms with van der Waals surface area (Å²) in [7, 11) is 0. The maximum Gasteiger partial charge on any atom is 0.250 e. The number of nitrogens with zero attached hydrogens (tertiary/aromatic N) is 4. The van der Waals surface area contributed by atoms with Crippen molar-refractivity contribution in [2.45, 2.75) is 18.5 Å². The fraction of sp³-hybridized carbons (Fsp3) is 0.120. The van der Waals surface area contributed by atoms with Crippen LogP contribution in [-0.2, 0) is 11.2 Å². The molecule has 0 aliphatic rings. The molecule has 0 bridgehead atoms. The molecule has 6 nitrogen and oxygen atoms in total. The summed E-state index contributed by atoms with van der Waals surface area (Å²) in [5, 5.41) is 13.4. The SMILES string of the molecule is CCc1ccc(C=NNC(=O)CSc2nnc(-c3ccccc3)n2-c2ccccc2)cc1. The van der Waals surface area contributed by atoms with Gasteiger partial charge in [0, 0.05) is 11.3 Å². The van der Waals surface area contributed by atoms with E-state index in [-0.39, 0.29) is 11.7 Å². The number of hydrogen-bond acceptors (Lipinski definition) is 5. The average molecular weight is 442 g/mol. The summed E-state index contributed by atoms with van der Waals surface area (Å²) in [6.45, 7) is 2.11. The minimum atomic E-state index is -0.208. The number of amides is 1. The first-order chi connectivity index (χ1) is 15.7. The van der Waals surface area contributed by atoms with Gasteiger partial charge < -0.3 is 0 Å². The van der Waals surface area contributed by atoms with Crippen LogP contribution in [0.5, 0.6) is 0 Å². The van der Waals surface area contributed by atoms with E-state index in [0.717, 1.165) is 29.1 Å². The standard InChI is InChI=1S/C25H23N5OS/c1-2-19-13-15-20(16-14-19)17-26-27-23(31)18-32-25-29-28-24(21-9-5-3-6-10-21)30(25)22-11-7-4-8-12-22/h3-17H,2,18H2,1H3,(H,27,31). The zero-order chi connectivity index (χ0) is 22.2. The van der Waals surface area contributed by atoms with Crippen molar-refractivity contribution >= 4 is 23.9 Å². The van der Waals surface area contributed by atoms with Crippen LogP contribution in [0.3, 0.4) is 0 Å². The normalized spacial score (nSPS) is 11.0. The monoisotopic (exact) mass is 441 g/mol. The molecule has 0 atom stereocenters. The number of hydrazone groups is 1. The number of nitrogens with one attached hydrogen (secondary N) is 1. The molecule has 7 heteroatoms. The molecule has 0 saturated heterocycles. The van der Waals surface area contributed by atoms with Gasteiger partial charge in [0.1, 0.15) is 0 Å². The van der Waals surface area contributed by atoms with Gasteiger partial charge in [-0.05, 0) is 29.7 Å². The zero-order valence-electron chi connectivity index (χ0n) is 17.7. The molecule has 160 valence electrons. The molecule has 1 heterocycles. The number of aromatic nitrogens is 3. The Labute approximate surface area is 191 Å². The van der Waals surface area contributed by atoms with Crippen LogP contribution in [0.15, 0.2) is 95.2 Å². The number of carbonyl (C=O) groups excluding carboxylic acids is 1. The third kappa shape index (κ3) is 5.31. The van der Waals surface area contributed by atoms with Crippen molar-refractivity contribution in [2.75, 3.05) is 5.75 Å². The molecule has 4 rings (SSSR count). The summed E-state index contributed by atoms with van der Waals surface area (Å²) in [6, 6.07) is 27.8. The van der Waals surface area contributed by atoms with Crippen LogP contribution in [0.25, 0.3) is 17.1 Å². The molecule has 0 spiro atoms. The number of thioether (sulfide) groups is 1. The Hall–Kier alpha value is -3.71. The van der Waals surface area contributed by atoms with Crippen LogP contribution in [0.4, 0.5) is 0 Å². The Morgan fingerprint density at radius 1 is 0.969 bits per heavy atom. The van der Waals surface area contributed by atoms with Crippen molar-refractivity contribution < 1.29 is 4.79 Å². The lowest BCUT2D eigenvalue weighted by Crippen LogP contribution is -2.20. The molecule has 0 aliphatic heterocycles. The van der Waals surface area contributed by atoms with Crippen molar-refractivity contribution in [3.8, 4) is 17.1 Å². The second-order valence-electron chi connectivity index (χ2n) is 7.02. The molecule has 0 fully saturated rings. The van der Waals surface area contributed by atoms with Gasteiger partial charge >= 0.3 is 0 Å². The summed E-state index contributed by atoms with van der Waals surface area (Å²) in [4.78, 5) is 12.3. The zero-order valence-corrected chi connectivity index (χ0v) is 18.5. The number of benzene rings is 3. The van der Waals surface area contributed by atoms with Crippen LogP contribution in [-0.4, -0.2) is 32.6 Å². The maximum atomic E-state index is 12.3. The molecule has 0 radical (unpaired) electrons. The van der Waals surface area contributed by atoms with Gasteiger partial charge in [0.15, 0.2) is 11.0 Å². The summed E-state index contributed by atoms with van der Waals surface area (Å²) in [5.41, 5.74) is 6.68. The highest BCUT2D eigenvalue weighted by Crippen LogP contribution is 2.27. The van der Waals surface area contributed by atoms with Crippen molar-refractivity contribution in [2.24, 2.45) is 5.10 Å². The van der Waals surface area contributed by atoms with Crippen molar-refractivity contribution in [3.63, 3.8) is 0 Å². The van der Waals surface area contributed by atoms with Gasteiger partial charge in [-0.1, -0.05) is 91.5 Å². The third-order valence-corrected chi connectivity index (χ3v) is 5.73. The van der Waals surface area contributed by atoms with Gasteiger partial charge in [-0.3, -0.25) is 9.36 Å². The second-order valence-corrected chi connectivity index (χ2v) is 7.96. The first-order valence-electron chi connectivity index (χ1n) is 10.3. The van der Waals surface area contributed by atoms with Crippen LogP contribution in [0.2, 0.25) is 0 Å². The van der Waals surface area contributed by atoms with Crippen molar-refractivity contribution in [1.29, 1.82) is 0 Å². The van der Waals surface area contributed by atoms with Crippen LogP contribution < -0.4 is 5.43 Å². The Balaban J connectivity index is 1.45. The van der Waals surface area contributed by atoms with Crippen LogP contribution >= 0.6 is 11.8 Å². The highest BCUT2D eigenvalue weighted by molar-refractivity contribution is 7.99. The predicted molar refractivity (Wildman–Crippen MR) is 129 cm³/mol. The minimum Gasteiger partial charge on any atom is -0.272 e. The molecule has 1 amide bonds. The van der Waals surface area contributed by atoms with E-state index in [4.69, 9.17) is 0 Å². The quantitative estimate of drug-likeness (QED) is 0.244.